The molecule has 0 bridgehead atoms. The van der Waals surface area contributed by atoms with E-state index in [2.05, 4.69) is 12.2 Å². The van der Waals surface area contributed by atoms with E-state index in [1.807, 2.05) is 0 Å². The van der Waals surface area contributed by atoms with E-state index in [4.69, 9.17) is 5.11 Å². The van der Waals surface area contributed by atoms with Crippen LogP contribution in [-0.4, -0.2) is 23.7 Å². The van der Waals surface area contributed by atoms with Crippen molar-refractivity contribution in [1.29, 1.82) is 0 Å². The number of carbonyl (C=O) groups is 1. The monoisotopic (exact) mass is 199 g/mol. The molecule has 0 aliphatic carbocycles. The number of piperidine rings is 1. The lowest BCUT2D eigenvalue weighted by Crippen LogP contribution is -2.35. The van der Waals surface area contributed by atoms with Gasteiger partial charge in [0, 0.05) is 12.5 Å². The highest BCUT2D eigenvalue weighted by Gasteiger charge is 2.16. The first kappa shape index (κ1) is 11.5. The Kier molecular flexibility index (Phi) is 4.94. The summed E-state index contributed by atoms with van der Waals surface area (Å²) in [6.07, 6.45) is 6.13. The molecular formula is C11H21NO2. The second kappa shape index (κ2) is 6.02. The Bertz CT molecular complexity index is 176. The Labute approximate surface area is 85.9 Å². The molecule has 2 unspecified atom stereocenters. The maximum Gasteiger partial charge on any atom is 0.303 e. The Morgan fingerprint density at radius 3 is 2.93 bits per heavy atom. The van der Waals surface area contributed by atoms with Crippen LogP contribution in [0.4, 0.5) is 0 Å². The van der Waals surface area contributed by atoms with Crippen molar-refractivity contribution >= 4 is 5.97 Å². The van der Waals surface area contributed by atoms with Crippen molar-refractivity contribution in [3.05, 3.63) is 0 Å². The quantitative estimate of drug-likeness (QED) is 0.712. The molecule has 1 fully saturated rings. The van der Waals surface area contributed by atoms with Gasteiger partial charge in [0.05, 0.1) is 0 Å². The van der Waals surface area contributed by atoms with Crippen LogP contribution in [-0.2, 0) is 4.79 Å². The summed E-state index contributed by atoms with van der Waals surface area (Å²) < 4.78 is 0. The summed E-state index contributed by atoms with van der Waals surface area (Å²) in [5.41, 5.74) is 0. The number of carboxylic acid groups (broad SMARTS) is 1. The SMILES string of the molecule is CC(CCC(=O)O)CC1CCCCN1. The average molecular weight is 199 g/mol. The highest BCUT2D eigenvalue weighted by atomic mass is 16.4. The predicted molar refractivity (Wildman–Crippen MR) is 56.3 cm³/mol. The smallest absolute Gasteiger partial charge is 0.303 e. The largest absolute Gasteiger partial charge is 0.481 e. The molecule has 1 rings (SSSR count). The standard InChI is InChI=1S/C11H21NO2/c1-9(5-6-11(13)14)8-10-4-2-3-7-12-10/h9-10,12H,2-8H2,1H3,(H,13,14). The molecule has 0 amide bonds. The van der Waals surface area contributed by atoms with Crippen molar-refractivity contribution in [3.63, 3.8) is 0 Å². The van der Waals surface area contributed by atoms with Gasteiger partial charge in [-0.05, 0) is 38.1 Å². The first-order chi connectivity index (χ1) is 6.68. The minimum Gasteiger partial charge on any atom is -0.481 e. The third-order valence-corrected chi connectivity index (χ3v) is 2.95. The molecule has 0 spiro atoms. The fourth-order valence-corrected chi connectivity index (χ4v) is 2.10. The van der Waals surface area contributed by atoms with Crippen LogP contribution in [0, 0.1) is 5.92 Å². The summed E-state index contributed by atoms with van der Waals surface area (Å²) in [5.74, 6) is -0.143. The predicted octanol–water partition coefficient (Wildman–Crippen LogP) is 2.02. The van der Waals surface area contributed by atoms with Crippen LogP contribution in [0.1, 0.15) is 45.4 Å². The molecule has 82 valence electrons. The van der Waals surface area contributed by atoms with Gasteiger partial charge in [0.1, 0.15) is 0 Å². The van der Waals surface area contributed by atoms with Crippen molar-refractivity contribution < 1.29 is 9.90 Å². The summed E-state index contributed by atoms with van der Waals surface area (Å²) in [6.45, 7) is 3.29. The maximum absolute atomic E-state index is 10.4. The summed E-state index contributed by atoms with van der Waals surface area (Å²) >= 11 is 0. The first-order valence-corrected chi connectivity index (χ1v) is 5.63. The molecule has 0 radical (unpaired) electrons. The van der Waals surface area contributed by atoms with Gasteiger partial charge in [-0.25, -0.2) is 0 Å². The molecule has 3 heteroatoms. The van der Waals surface area contributed by atoms with Gasteiger partial charge in [-0.1, -0.05) is 13.3 Å². The van der Waals surface area contributed by atoms with E-state index in [-0.39, 0.29) is 0 Å². The lowest BCUT2D eigenvalue weighted by Gasteiger charge is -2.25. The molecule has 3 nitrogen and oxygen atoms in total. The summed E-state index contributed by atoms with van der Waals surface area (Å²) in [7, 11) is 0. The Balaban J connectivity index is 2.11. The van der Waals surface area contributed by atoms with Gasteiger partial charge in [0.25, 0.3) is 0 Å². The van der Waals surface area contributed by atoms with Gasteiger partial charge in [-0.2, -0.15) is 0 Å². The molecule has 14 heavy (non-hydrogen) atoms. The van der Waals surface area contributed by atoms with Crippen LogP contribution < -0.4 is 5.32 Å². The molecular weight excluding hydrogens is 178 g/mol. The highest BCUT2D eigenvalue weighted by molar-refractivity contribution is 5.66. The number of rotatable bonds is 5. The highest BCUT2D eigenvalue weighted by Crippen LogP contribution is 2.18. The van der Waals surface area contributed by atoms with E-state index in [9.17, 15) is 4.79 Å². The fourth-order valence-electron chi connectivity index (χ4n) is 2.10. The number of carboxylic acids is 1. The van der Waals surface area contributed by atoms with E-state index >= 15 is 0 Å². The minimum atomic E-state index is -0.673. The van der Waals surface area contributed by atoms with Crippen molar-refractivity contribution in [3.8, 4) is 0 Å². The molecule has 0 aromatic heterocycles. The summed E-state index contributed by atoms with van der Waals surface area (Å²) in [6, 6.07) is 0.632. The number of hydrogen-bond acceptors (Lipinski definition) is 2. The summed E-state index contributed by atoms with van der Waals surface area (Å²) in [4.78, 5) is 10.4. The van der Waals surface area contributed by atoms with Crippen LogP contribution in [0.2, 0.25) is 0 Å². The van der Waals surface area contributed by atoms with Gasteiger partial charge in [-0.15, -0.1) is 0 Å². The van der Waals surface area contributed by atoms with Gasteiger partial charge in [0.2, 0.25) is 0 Å². The van der Waals surface area contributed by atoms with Crippen LogP contribution in [0.3, 0.4) is 0 Å². The van der Waals surface area contributed by atoms with Crippen molar-refractivity contribution in [2.45, 2.75) is 51.5 Å². The molecule has 0 aromatic rings. The second-order valence-corrected chi connectivity index (χ2v) is 4.42. The van der Waals surface area contributed by atoms with E-state index < -0.39 is 5.97 Å². The maximum atomic E-state index is 10.4. The van der Waals surface area contributed by atoms with Crippen LogP contribution in [0.25, 0.3) is 0 Å². The molecule has 1 aliphatic rings. The van der Waals surface area contributed by atoms with Gasteiger partial charge in [0.15, 0.2) is 0 Å². The van der Waals surface area contributed by atoms with Gasteiger partial charge >= 0.3 is 5.97 Å². The van der Waals surface area contributed by atoms with Crippen LogP contribution in [0.5, 0.6) is 0 Å². The Morgan fingerprint density at radius 1 is 1.57 bits per heavy atom. The van der Waals surface area contributed by atoms with Crippen molar-refractivity contribution in [2.75, 3.05) is 6.54 Å². The van der Waals surface area contributed by atoms with Crippen molar-refractivity contribution in [2.24, 2.45) is 5.92 Å². The van der Waals surface area contributed by atoms with Crippen LogP contribution >= 0.6 is 0 Å². The first-order valence-electron chi connectivity index (χ1n) is 5.63. The lowest BCUT2D eigenvalue weighted by atomic mass is 9.92. The molecule has 2 N–H and O–H groups in total. The molecule has 2 atom stereocenters. The molecule has 0 aromatic carbocycles. The average Bonchev–Trinajstić information content (AvgIpc) is 2.16. The fraction of sp³-hybridized carbons (Fsp3) is 0.909. The summed E-state index contributed by atoms with van der Waals surface area (Å²) in [5, 5.41) is 12.0. The van der Waals surface area contributed by atoms with E-state index in [0.29, 0.717) is 18.4 Å². The zero-order valence-corrected chi connectivity index (χ0v) is 8.96. The van der Waals surface area contributed by atoms with Gasteiger partial charge in [-0.3, -0.25) is 4.79 Å². The van der Waals surface area contributed by atoms with Crippen LogP contribution in [0.15, 0.2) is 0 Å². The number of nitrogens with one attached hydrogen (secondary N) is 1. The lowest BCUT2D eigenvalue weighted by molar-refractivity contribution is -0.137. The normalized spacial score (nSPS) is 24.5. The Morgan fingerprint density at radius 2 is 2.36 bits per heavy atom. The second-order valence-electron chi connectivity index (χ2n) is 4.42. The Hall–Kier alpha value is -0.570. The van der Waals surface area contributed by atoms with E-state index in [0.717, 1.165) is 19.4 Å². The molecule has 0 saturated carbocycles. The van der Waals surface area contributed by atoms with E-state index in [1.54, 1.807) is 0 Å². The zero-order valence-electron chi connectivity index (χ0n) is 8.96. The minimum absolute atomic E-state index is 0.313. The number of hydrogen-bond donors (Lipinski definition) is 2. The van der Waals surface area contributed by atoms with E-state index in [1.165, 1.54) is 19.3 Å². The zero-order chi connectivity index (χ0) is 10.4. The topological polar surface area (TPSA) is 49.3 Å². The molecule has 1 heterocycles. The molecule has 1 aliphatic heterocycles. The third-order valence-electron chi connectivity index (χ3n) is 2.95. The third kappa shape index (κ3) is 4.61. The van der Waals surface area contributed by atoms with Gasteiger partial charge < -0.3 is 10.4 Å². The van der Waals surface area contributed by atoms with Crippen molar-refractivity contribution in [1.82, 2.24) is 5.32 Å². The number of aliphatic carboxylic acids is 1. The molecule has 1 saturated heterocycles.